The fourth-order valence-electron chi connectivity index (χ4n) is 3.51. The molecule has 1 aliphatic carbocycles. The maximum atomic E-state index is 12.3. The van der Waals surface area contributed by atoms with Gasteiger partial charge in [-0.05, 0) is 58.8 Å². The smallest absolute Gasteiger partial charge is 0.355 e. The van der Waals surface area contributed by atoms with Crippen molar-refractivity contribution in [1.29, 1.82) is 0 Å². The predicted molar refractivity (Wildman–Crippen MR) is 119 cm³/mol. The number of rotatable bonds is 11. The lowest BCUT2D eigenvalue weighted by Gasteiger charge is -2.21. The number of carbonyl (C=O) groups excluding carboxylic acids is 1. The lowest BCUT2D eigenvalue weighted by molar-refractivity contribution is -0.121. The van der Waals surface area contributed by atoms with E-state index in [1.807, 2.05) is 13.0 Å². The summed E-state index contributed by atoms with van der Waals surface area (Å²) in [5, 5.41) is 21.0. The Morgan fingerprint density at radius 2 is 2.21 bits per heavy atom. The summed E-state index contributed by atoms with van der Waals surface area (Å²) in [6.07, 6.45) is 10.7. The van der Waals surface area contributed by atoms with Crippen LogP contribution in [0.1, 0.15) is 69.8 Å². The Hall–Kier alpha value is -1.44. The molecule has 1 fully saturated rings. The lowest BCUT2D eigenvalue weighted by atomic mass is 9.90. The summed E-state index contributed by atoms with van der Waals surface area (Å²) in [5.41, 5.74) is 0.605. The lowest BCUT2D eigenvalue weighted by Crippen LogP contribution is -2.22. The first kappa shape index (κ1) is 23.8. The molecule has 0 aliphatic heterocycles. The zero-order valence-corrected chi connectivity index (χ0v) is 19.0. The first-order valence-corrected chi connectivity index (χ1v) is 11.9. The van der Waals surface area contributed by atoms with Crippen LogP contribution in [0.3, 0.4) is 0 Å². The third-order valence-corrected chi connectivity index (χ3v) is 7.24. The Balaban J connectivity index is 1.81. The fraction of sp³-hybridized carbons (Fsp3) is 0.591. The molecule has 160 valence electrons. The summed E-state index contributed by atoms with van der Waals surface area (Å²) in [6, 6.07) is 0. The van der Waals surface area contributed by atoms with E-state index in [9.17, 15) is 14.7 Å². The first-order valence-electron chi connectivity index (χ1n) is 10.0. The number of ketones is 1. The van der Waals surface area contributed by atoms with Gasteiger partial charge in [0.1, 0.15) is 5.78 Å². The van der Waals surface area contributed by atoms with Crippen molar-refractivity contribution in [3.05, 3.63) is 34.9 Å². The number of nitrogens with zero attached hydrogens (tertiary/aromatic N) is 1. The topological polar surface area (TPSA) is 87.5 Å². The summed E-state index contributed by atoms with van der Waals surface area (Å²) in [5.74, 6) is 0.270. The van der Waals surface area contributed by atoms with E-state index >= 15 is 0 Å². The van der Waals surface area contributed by atoms with Gasteiger partial charge in [-0.3, -0.25) is 4.79 Å². The van der Waals surface area contributed by atoms with Gasteiger partial charge in [-0.15, -0.1) is 11.3 Å². The molecule has 1 aromatic rings. The molecule has 1 aliphatic rings. The quantitative estimate of drug-likeness (QED) is 0.358. The van der Waals surface area contributed by atoms with Crippen molar-refractivity contribution >= 4 is 34.9 Å². The number of hydrogen-bond acceptors (Lipinski definition) is 6. The SMILES string of the molecule is CC(C)=CCCC(C)(O)CC=CC1CCC(=O)C1CCSc1nc(C(=O)O)cs1. The normalized spacial score (nSPS) is 21.4. The number of carbonyl (C=O) groups is 2. The highest BCUT2D eigenvalue weighted by atomic mass is 32.2. The Bertz CT molecular complexity index is 763. The molecule has 3 unspecified atom stereocenters. The molecule has 29 heavy (non-hydrogen) atoms. The number of aliphatic hydroxyl groups is 1. The van der Waals surface area contributed by atoms with Gasteiger partial charge in [0, 0.05) is 23.5 Å². The Morgan fingerprint density at radius 1 is 1.45 bits per heavy atom. The van der Waals surface area contributed by atoms with Crippen LogP contribution in [0.4, 0.5) is 0 Å². The minimum Gasteiger partial charge on any atom is -0.476 e. The maximum Gasteiger partial charge on any atom is 0.355 e. The van der Waals surface area contributed by atoms with E-state index in [-0.39, 0.29) is 17.5 Å². The van der Waals surface area contributed by atoms with Crippen LogP contribution >= 0.6 is 23.1 Å². The van der Waals surface area contributed by atoms with Crippen LogP contribution in [0.5, 0.6) is 0 Å². The number of carboxylic acid groups (broad SMARTS) is 1. The van der Waals surface area contributed by atoms with Gasteiger partial charge < -0.3 is 10.2 Å². The maximum absolute atomic E-state index is 12.3. The van der Waals surface area contributed by atoms with Crippen LogP contribution in [0.25, 0.3) is 0 Å². The number of Topliss-reactive ketones (excluding diaryl/α,β-unsaturated/α-hetero) is 1. The Kier molecular flexibility index (Phi) is 9.11. The molecule has 3 atom stereocenters. The number of allylic oxidation sites excluding steroid dienone is 3. The Labute approximate surface area is 181 Å². The number of aromatic carboxylic acids is 1. The van der Waals surface area contributed by atoms with Gasteiger partial charge in [0.25, 0.3) is 0 Å². The molecule has 5 nitrogen and oxygen atoms in total. The molecule has 2 N–H and O–H groups in total. The van der Waals surface area contributed by atoms with Crippen LogP contribution in [-0.4, -0.2) is 38.3 Å². The van der Waals surface area contributed by atoms with E-state index in [2.05, 4.69) is 31.0 Å². The molecule has 1 saturated carbocycles. The number of thiazole rings is 1. The summed E-state index contributed by atoms with van der Waals surface area (Å²) in [6.45, 7) is 5.98. The number of carboxylic acids is 1. The molecule has 7 heteroatoms. The van der Waals surface area contributed by atoms with Crippen molar-refractivity contribution in [2.45, 2.75) is 69.2 Å². The van der Waals surface area contributed by atoms with Crippen LogP contribution in [0.2, 0.25) is 0 Å². The van der Waals surface area contributed by atoms with Gasteiger partial charge in [0.2, 0.25) is 0 Å². The van der Waals surface area contributed by atoms with Crippen molar-refractivity contribution in [2.24, 2.45) is 11.8 Å². The van der Waals surface area contributed by atoms with Crippen molar-refractivity contribution in [3.63, 3.8) is 0 Å². The third kappa shape index (κ3) is 8.07. The fourth-order valence-corrected chi connectivity index (χ4v) is 5.40. The molecule has 2 rings (SSSR count). The van der Waals surface area contributed by atoms with E-state index in [0.29, 0.717) is 18.6 Å². The van der Waals surface area contributed by atoms with E-state index in [1.165, 1.54) is 28.7 Å². The third-order valence-electron chi connectivity index (χ3n) is 5.19. The Morgan fingerprint density at radius 3 is 2.86 bits per heavy atom. The van der Waals surface area contributed by atoms with Gasteiger partial charge in [-0.1, -0.05) is 35.6 Å². The van der Waals surface area contributed by atoms with Crippen LogP contribution in [-0.2, 0) is 4.79 Å². The van der Waals surface area contributed by atoms with Crippen LogP contribution in [0, 0.1) is 11.8 Å². The van der Waals surface area contributed by atoms with E-state index in [0.717, 1.165) is 35.8 Å². The minimum atomic E-state index is -1.01. The second kappa shape index (κ2) is 11.1. The minimum absolute atomic E-state index is 0.00767. The monoisotopic (exact) mass is 437 g/mol. The van der Waals surface area contributed by atoms with Gasteiger partial charge >= 0.3 is 5.97 Å². The molecule has 0 bridgehead atoms. The summed E-state index contributed by atoms with van der Waals surface area (Å²) >= 11 is 2.84. The summed E-state index contributed by atoms with van der Waals surface area (Å²) < 4.78 is 0.729. The van der Waals surface area contributed by atoms with Crippen molar-refractivity contribution < 1.29 is 19.8 Å². The van der Waals surface area contributed by atoms with E-state index in [1.54, 1.807) is 5.38 Å². The van der Waals surface area contributed by atoms with Gasteiger partial charge in [-0.25, -0.2) is 9.78 Å². The summed E-state index contributed by atoms with van der Waals surface area (Å²) in [4.78, 5) is 27.3. The highest BCUT2D eigenvalue weighted by Gasteiger charge is 2.32. The standard InChI is InChI=1S/C22H31NO4S2/c1-15(2)6-4-11-22(3,27)12-5-7-16-8-9-19(24)17(16)10-13-28-21-23-18(14-29-21)20(25)26/h5-7,14,16-17,27H,4,8-13H2,1-3H3,(H,25,26). The van der Waals surface area contributed by atoms with Crippen molar-refractivity contribution in [1.82, 2.24) is 4.98 Å². The molecule has 0 amide bonds. The van der Waals surface area contributed by atoms with Crippen molar-refractivity contribution in [2.75, 3.05) is 5.75 Å². The highest BCUT2D eigenvalue weighted by molar-refractivity contribution is 8.01. The average Bonchev–Trinajstić information content (AvgIpc) is 3.23. The largest absolute Gasteiger partial charge is 0.476 e. The van der Waals surface area contributed by atoms with Crippen molar-refractivity contribution in [3.8, 4) is 0 Å². The van der Waals surface area contributed by atoms with E-state index in [4.69, 9.17) is 5.11 Å². The molecule has 1 aromatic heterocycles. The highest BCUT2D eigenvalue weighted by Crippen LogP contribution is 2.35. The zero-order chi connectivity index (χ0) is 21.4. The molecule has 0 spiro atoms. The summed E-state index contributed by atoms with van der Waals surface area (Å²) in [7, 11) is 0. The predicted octanol–water partition coefficient (Wildman–Crippen LogP) is 5.36. The number of hydrogen-bond donors (Lipinski definition) is 2. The average molecular weight is 438 g/mol. The molecule has 0 aromatic carbocycles. The second-order valence-electron chi connectivity index (χ2n) is 8.17. The second-order valence-corrected chi connectivity index (χ2v) is 10.4. The molecule has 1 heterocycles. The molecular weight excluding hydrogens is 406 g/mol. The van der Waals surface area contributed by atoms with Crippen LogP contribution in [0.15, 0.2) is 33.5 Å². The molecule has 0 saturated heterocycles. The van der Waals surface area contributed by atoms with Crippen LogP contribution < -0.4 is 0 Å². The van der Waals surface area contributed by atoms with Gasteiger partial charge in [0.15, 0.2) is 10.0 Å². The number of thioether (sulfide) groups is 1. The van der Waals surface area contributed by atoms with Gasteiger partial charge in [-0.2, -0.15) is 0 Å². The number of aromatic nitrogens is 1. The first-order chi connectivity index (χ1) is 13.7. The van der Waals surface area contributed by atoms with Gasteiger partial charge in [0.05, 0.1) is 5.60 Å². The molecule has 0 radical (unpaired) electrons. The molecular formula is C22H31NO4S2. The van der Waals surface area contributed by atoms with E-state index < -0.39 is 11.6 Å². The zero-order valence-electron chi connectivity index (χ0n) is 17.4.